The van der Waals surface area contributed by atoms with E-state index < -0.39 is 0 Å². The Hall–Kier alpha value is -2.50. The van der Waals surface area contributed by atoms with Gasteiger partial charge in [-0.1, -0.05) is 38.5 Å². The molecule has 1 fully saturated rings. The molecule has 0 bridgehead atoms. The van der Waals surface area contributed by atoms with Gasteiger partial charge in [-0.2, -0.15) is 10.2 Å². The van der Waals surface area contributed by atoms with Crippen molar-refractivity contribution in [2.24, 2.45) is 16.9 Å². The van der Waals surface area contributed by atoms with Gasteiger partial charge in [0.25, 0.3) is 11.5 Å². The molecular weight excluding hydrogens is 316 g/mol. The van der Waals surface area contributed by atoms with Crippen LogP contribution in [0.25, 0.3) is 10.8 Å². The number of hydrazone groups is 1. The van der Waals surface area contributed by atoms with Gasteiger partial charge in [0.1, 0.15) is 0 Å². The van der Waals surface area contributed by atoms with E-state index in [1.54, 1.807) is 24.3 Å². The molecule has 1 heterocycles. The Kier molecular flexibility index (Phi) is 4.97. The first-order chi connectivity index (χ1) is 12.0. The van der Waals surface area contributed by atoms with Crippen LogP contribution in [0.3, 0.4) is 0 Å². The number of carbonyl (C=O) groups is 1. The number of nitrogens with zero attached hydrogens (tertiary/aromatic N) is 3. The summed E-state index contributed by atoms with van der Waals surface area (Å²) in [6.45, 7) is 6.53. The first kappa shape index (κ1) is 17.3. The second kappa shape index (κ2) is 7.17. The second-order valence-electron chi connectivity index (χ2n) is 6.73. The maximum atomic E-state index is 12.7. The largest absolute Gasteiger partial charge is 0.292 e. The van der Waals surface area contributed by atoms with Gasteiger partial charge < -0.3 is 0 Å². The van der Waals surface area contributed by atoms with Crippen molar-refractivity contribution in [1.82, 2.24) is 15.2 Å². The molecule has 1 N–H and O–H groups in total. The summed E-state index contributed by atoms with van der Waals surface area (Å²) in [6, 6.07) is 7.06. The van der Waals surface area contributed by atoms with Crippen LogP contribution in [0, 0.1) is 11.8 Å². The summed E-state index contributed by atoms with van der Waals surface area (Å²) in [5.74, 6) is 0.368. The van der Waals surface area contributed by atoms with Gasteiger partial charge in [-0.3, -0.25) is 9.59 Å². The number of aryl methyl sites for hydroxylation is 1. The summed E-state index contributed by atoms with van der Waals surface area (Å²) in [5, 5.41) is 9.69. The molecule has 0 unspecified atom stereocenters. The Morgan fingerprint density at radius 1 is 1.24 bits per heavy atom. The van der Waals surface area contributed by atoms with Crippen molar-refractivity contribution in [3.63, 3.8) is 0 Å². The zero-order chi connectivity index (χ0) is 18.0. The summed E-state index contributed by atoms with van der Waals surface area (Å²) in [4.78, 5) is 25.1. The Morgan fingerprint density at radius 3 is 2.52 bits per heavy atom. The molecule has 1 aromatic heterocycles. The molecule has 0 saturated heterocycles. The predicted octanol–water partition coefficient (Wildman–Crippen LogP) is 2.96. The molecule has 6 nitrogen and oxygen atoms in total. The van der Waals surface area contributed by atoms with Crippen molar-refractivity contribution < 1.29 is 4.79 Å². The molecule has 25 heavy (non-hydrogen) atoms. The first-order valence-electron chi connectivity index (χ1n) is 8.90. The minimum absolute atomic E-state index is 0.185. The summed E-state index contributed by atoms with van der Waals surface area (Å²) >= 11 is 0. The van der Waals surface area contributed by atoms with E-state index in [0.29, 0.717) is 29.2 Å². The minimum atomic E-state index is -0.379. The number of aromatic nitrogens is 2. The minimum Gasteiger partial charge on any atom is -0.267 e. The molecule has 0 spiro atoms. The van der Waals surface area contributed by atoms with E-state index in [1.165, 1.54) is 11.1 Å². The van der Waals surface area contributed by atoms with Gasteiger partial charge in [0, 0.05) is 17.6 Å². The van der Waals surface area contributed by atoms with Gasteiger partial charge in [0.05, 0.1) is 5.39 Å². The Balaban J connectivity index is 1.97. The normalized spacial score (nSPS) is 20.5. The van der Waals surface area contributed by atoms with Crippen LogP contribution < -0.4 is 11.0 Å². The van der Waals surface area contributed by atoms with Crippen LogP contribution in [0.1, 0.15) is 50.5 Å². The van der Waals surface area contributed by atoms with Crippen LogP contribution in [0.2, 0.25) is 0 Å². The summed E-state index contributed by atoms with van der Waals surface area (Å²) in [6.07, 6.45) is 3.39. The van der Waals surface area contributed by atoms with Crippen molar-refractivity contribution in [3.8, 4) is 0 Å². The van der Waals surface area contributed by atoms with Gasteiger partial charge in [-0.25, -0.2) is 10.1 Å². The van der Waals surface area contributed by atoms with E-state index in [9.17, 15) is 9.59 Å². The van der Waals surface area contributed by atoms with E-state index >= 15 is 0 Å². The first-order valence-corrected chi connectivity index (χ1v) is 8.90. The number of hydrogen-bond acceptors (Lipinski definition) is 4. The second-order valence-corrected chi connectivity index (χ2v) is 6.73. The number of amides is 1. The molecular formula is C19H24N4O2. The van der Waals surface area contributed by atoms with E-state index in [2.05, 4.69) is 29.5 Å². The van der Waals surface area contributed by atoms with Gasteiger partial charge in [0.2, 0.25) is 0 Å². The molecule has 6 heteroatoms. The monoisotopic (exact) mass is 340 g/mol. The van der Waals surface area contributed by atoms with Crippen molar-refractivity contribution in [1.29, 1.82) is 0 Å². The average molecular weight is 340 g/mol. The fraction of sp³-hybridized carbons (Fsp3) is 0.474. The van der Waals surface area contributed by atoms with Crippen LogP contribution in [0.4, 0.5) is 0 Å². The van der Waals surface area contributed by atoms with E-state index in [4.69, 9.17) is 0 Å². The Morgan fingerprint density at radius 2 is 1.88 bits per heavy atom. The summed E-state index contributed by atoms with van der Waals surface area (Å²) in [7, 11) is 0. The number of carbonyl (C=O) groups excluding carboxylic acids is 1. The topological polar surface area (TPSA) is 76.3 Å². The van der Waals surface area contributed by atoms with Crippen molar-refractivity contribution in [2.75, 3.05) is 0 Å². The molecule has 1 aromatic carbocycles. The zero-order valence-corrected chi connectivity index (χ0v) is 15.0. The van der Waals surface area contributed by atoms with Crippen LogP contribution in [0.5, 0.6) is 0 Å². The molecule has 132 valence electrons. The summed E-state index contributed by atoms with van der Waals surface area (Å²) in [5.41, 5.74) is 3.75. The molecule has 0 radical (unpaired) electrons. The smallest absolute Gasteiger partial charge is 0.267 e. The molecule has 1 aliphatic rings. The molecule has 1 amide bonds. The lowest BCUT2D eigenvalue weighted by Gasteiger charge is -2.26. The lowest BCUT2D eigenvalue weighted by molar-refractivity contribution is 0.0948. The number of fused-ring (bicyclic) bond motifs is 1. The highest BCUT2D eigenvalue weighted by Gasteiger charge is 2.23. The highest BCUT2D eigenvalue weighted by atomic mass is 16.2. The standard InChI is InChI=1S/C19H24N4O2/c1-4-23-19(25)15-11-6-5-10-14(15)17(22-23)18(24)21-20-16-12(2)8-7-9-13(16)3/h5-6,10-13H,4,7-9H2,1-3H3,(H,21,24)/t12-,13-/m0/s1. The maximum Gasteiger partial charge on any atom is 0.292 e. The third-order valence-electron chi connectivity index (χ3n) is 4.95. The number of rotatable bonds is 3. The van der Waals surface area contributed by atoms with E-state index in [0.717, 1.165) is 18.6 Å². The van der Waals surface area contributed by atoms with Crippen molar-refractivity contribution in [3.05, 3.63) is 40.3 Å². The average Bonchev–Trinajstić information content (AvgIpc) is 2.61. The van der Waals surface area contributed by atoms with Gasteiger partial charge in [-0.05, 0) is 37.7 Å². The van der Waals surface area contributed by atoms with Crippen LogP contribution in [-0.4, -0.2) is 21.4 Å². The van der Waals surface area contributed by atoms with Crippen LogP contribution in [-0.2, 0) is 6.54 Å². The molecule has 0 aliphatic heterocycles. The van der Waals surface area contributed by atoms with Crippen LogP contribution in [0.15, 0.2) is 34.2 Å². The lowest BCUT2D eigenvalue weighted by atomic mass is 9.81. The summed E-state index contributed by atoms with van der Waals surface area (Å²) < 4.78 is 1.32. The van der Waals surface area contributed by atoms with E-state index in [1.807, 2.05) is 6.92 Å². The fourth-order valence-corrected chi connectivity index (χ4v) is 3.52. The van der Waals surface area contributed by atoms with Crippen LogP contribution >= 0.6 is 0 Å². The quantitative estimate of drug-likeness (QED) is 0.873. The predicted molar refractivity (Wildman–Crippen MR) is 98.8 cm³/mol. The maximum absolute atomic E-state index is 12.7. The van der Waals surface area contributed by atoms with Gasteiger partial charge >= 0.3 is 0 Å². The fourth-order valence-electron chi connectivity index (χ4n) is 3.52. The number of hydrogen-bond donors (Lipinski definition) is 1. The molecule has 1 aliphatic carbocycles. The molecule has 2 aromatic rings. The number of benzene rings is 1. The lowest BCUT2D eigenvalue weighted by Crippen LogP contribution is -2.31. The Labute approximate surface area is 146 Å². The molecule has 3 rings (SSSR count). The highest BCUT2D eigenvalue weighted by Crippen LogP contribution is 2.25. The molecule has 1 saturated carbocycles. The molecule has 2 atom stereocenters. The Bertz CT molecular complexity index is 873. The van der Waals surface area contributed by atoms with E-state index in [-0.39, 0.29) is 17.2 Å². The SMILES string of the molecule is CCn1nc(C(=O)NN=C2[C@@H](C)CCC[C@@H]2C)c2ccccc2c1=O. The highest BCUT2D eigenvalue weighted by molar-refractivity contribution is 6.05. The van der Waals surface area contributed by atoms with Crippen molar-refractivity contribution >= 4 is 22.4 Å². The van der Waals surface area contributed by atoms with Crippen molar-refractivity contribution in [2.45, 2.75) is 46.6 Å². The zero-order valence-electron chi connectivity index (χ0n) is 15.0. The third-order valence-corrected chi connectivity index (χ3v) is 4.95. The van der Waals surface area contributed by atoms with Gasteiger partial charge in [0.15, 0.2) is 5.69 Å². The van der Waals surface area contributed by atoms with Gasteiger partial charge in [-0.15, -0.1) is 0 Å². The number of nitrogens with one attached hydrogen (secondary N) is 1. The third kappa shape index (κ3) is 3.34.